The van der Waals surface area contributed by atoms with Gasteiger partial charge in [0.25, 0.3) is 5.91 Å². The Labute approximate surface area is 137 Å². The van der Waals surface area contributed by atoms with Crippen molar-refractivity contribution < 1.29 is 14.3 Å². The van der Waals surface area contributed by atoms with Crippen LogP contribution in [0.1, 0.15) is 22.8 Å². The second-order valence-electron chi connectivity index (χ2n) is 5.14. The molecule has 0 saturated carbocycles. The van der Waals surface area contributed by atoms with Gasteiger partial charge in [-0.15, -0.1) is 0 Å². The molecule has 24 heavy (non-hydrogen) atoms. The highest BCUT2D eigenvalue weighted by Gasteiger charge is 2.13. The third-order valence-electron chi connectivity index (χ3n) is 3.51. The zero-order chi connectivity index (χ0) is 17.1. The third kappa shape index (κ3) is 3.03. The van der Waals surface area contributed by atoms with E-state index in [0.717, 1.165) is 0 Å². The molecule has 6 heteroatoms. The number of nitrogens with zero attached hydrogens (tertiary/aromatic N) is 1. The van der Waals surface area contributed by atoms with Crippen molar-refractivity contribution in [2.45, 2.75) is 6.92 Å². The van der Waals surface area contributed by atoms with Gasteiger partial charge in [-0.2, -0.15) is 5.10 Å². The highest BCUT2D eigenvalue weighted by atomic mass is 16.4. The number of hydrazone groups is 1. The van der Waals surface area contributed by atoms with E-state index in [1.54, 1.807) is 49.4 Å². The van der Waals surface area contributed by atoms with Crippen LogP contribution in [0.2, 0.25) is 0 Å². The molecule has 0 fully saturated rings. The number of amides is 1. The first kappa shape index (κ1) is 15.5. The lowest BCUT2D eigenvalue weighted by molar-refractivity contribution is 0.0951. The smallest absolute Gasteiger partial charge is 0.349 e. The number of benzene rings is 2. The number of carbonyl (C=O) groups excluding carboxylic acids is 1. The van der Waals surface area contributed by atoms with Gasteiger partial charge in [-0.1, -0.05) is 30.3 Å². The fourth-order valence-electron chi connectivity index (χ4n) is 2.25. The number of aromatic hydroxyl groups is 1. The fraction of sp³-hybridized carbons (Fsp3) is 0.0556. The van der Waals surface area contributed by atoms with Crippen molar-refractivity contribution in [1.29, 1.82) is 0 Å². The van der Waals surface area contributed by atoms with E-state index in [9.17, 15) is 14.7 Å². The molecule has 120 valence electrons. The largest absolute Gasteiger partial charge is 0.507 e. The molecule has 0 unspecified atom stereocenters. The van der Waals surface area contributed by atoms with Gasteiger partial charge < -0.3 is 9.52 Å². The molecule has 0 atom stereocenters. The molecule has 1 aromatic heterocycles. The summed E-state index contributed by atoms with van der Waals surface area (Å²) < 4.78 is 5.12. The number of carbonyl (C=O) groups is 1. The summed E-state index contributed by atoms with van der Waals surface area (Å²) in [5.74, 6) is -0.623. The highest BCUT2D eigenvalue weighted by molar-refractivity contribution is 6.02. The van der Waals surface area contributed by atoms with Crippen LogP contribution in [0.25, 0.3) is 11.0 Å². The van der Waals surface area contributed by atoms with Crippen LogP contribution >= 0.6 is 0 Å². The van der Waals surface area contributed by atoms with Crippen molar-refractivity contribution in [3.63, 3.8) is 0 Å². The zero-order valence-corrected chi connectivity index (χ0v) is 12.8. The van der Waals surface area contributed by atoms with Crippen LogP contribution < -0.4 is 11.1 Å². The van der Waals surface area contributed by atoms with Gasteiger partial charge in [0.15, 0.2) is 0 Å². The van der Waals surface area contributed by atoms with E-state index >= 15 is 0 Å². The number of hydrogen-bond acceptors (Lipinski definition) is 5. The van der Waals surface area contributed by atoms with E-state index in [1.807, 2.05) is 0 Å². The zero-order valence-electron chi connectivity index (χ0n) is 12.8. The number of phenols is 1. The molecule has 0 aliphatic carbocycles. The molecule has 3 aromatic rings. The van der Waals surface area contributed by atoms with E-state index in [4.69, 9.17) is 4.42 Å². The van der Waals surface area contributed by atoms with Gasteiger partial charge in [0, 0.05) is 10.9 Å². The van der Waals surface area contributed by atoms with Crippen LogP contribution in [0, 0.1) is 0 Å². The highest BCUT2D eigenvalue weighted by Crippen LogP contribution is 2.16. The Morgan fingerprint density at radius 2 is 1.79 bits per heavy atom. The molecule has 1 amide bonds. The number of fused-ring (bicyclic) bond motifs is 1. The van der Waals surface area contributed by atoms with Crippen molar-refractivity contribution in [3.05, 3.63) is 76.1 Å². The summed E-state index contributed by atoms with van der Waals surface area (Å²) in [5, 5.41) is 14.3. The fourth-order valence-corrected chi connectivity index (χ4v) is 2.25. The van der Waals surface area contributed by atoms with E-state index in [1.165, 1.54) is 12.1 Å². The maximum Gasteiger partial charge on any atom is 0.349 e. The van der Waals surface area contributed by atoms with E-state index in [0.29, 0.717) is 22.2 Å². The van der Waals surface area contributed by atoms with E-state index in [-0.39, 0.29) is 11.3 Å². The molecule has 2 aromatic carbocycles. The lowest BCUT2D eigenvalue weighted by Crippen LogP contribution is -2.25. The molecule has 2 N–H and O–H groups in total. The second kappa shape index (κ2) is 6.37. The first-order valence-electron chi connectivity index (χ1n) is 7.22. The van der Waals surface area contributed by atoms with Crippen molar-refractivity contribution >= 4 is 22.6 Å². The molecule has 0 radical (unpaired) electrons. The van der Waals surface area contributed by atoms with Crippen LogP contribution in [-0.4, -0.2) is 16.7 Å². The number of nitrogens with one attached hydrogen (secondary N) is 1. The molecule has 3 rings (SSSR count). The third-order valence-corrected chi connectivity index (χ3v) is 3.51. The van der Waals surface area contributed by atoms with Gasteiger partial charge in [0.2, 0.25) is 0 Å². The van der Waals surface area contributed by atoms with Crippen molar-refractivity contribution in [3.8, 4) is 5.75 Å². The Balaban J connectivity index is 1.88. The summed E-state index contributed by atoms with van der Waals surface area (Å²) in [7, 11) is 0. The van der Waals surface area contributed by atoms with Crippen LogP contribution in [0.5, 0.6) is 5.75 Å². The van der Waals surface area contributed by atoms with Gasteiger partial charge in [-0.3, -0.25) is 4.79 Å². The van der Waals surface area contributed by atoms with Gasteiger partial charge in [0.1, 0.15) is 16.9 Å². The van der Waals surface area contributed by atoms with E-state index < -0.39 is 11.5 Å². The Bertz CT molecular complexity index is 1010. The first-order chi connectivity index (χ1) is 11.6. The summed E-state index contributed by atoms with van der Waals surface area (Å²) in [6, 6.07) is 15.0. The average molecular weight is 322 g/mol. The molecule has 1 heterocycles. The minimum Gasteiger partial charge on any atom is -0.507 e. The monoisotopic (exact) mass is 322 g/mol. The molecule has 0 aliphatic rings. The molecule has 6 nitrogen and oxygen atoms in total. The van der Waals surface area contributed by atoms with Gasteiger partial charge in [-0.25, -0.2) is 10.2 Å². The topological polar surface area (TPSA) is 91.9 Å². The van der Waals surface area contributed by atoms with Gasteiger partial charge >= 0.3 is 5.63 Å². The summed E-state index contributed by atoms with van der Waals surface area (Å²) in [5.41, 5.74) is 2.74. The Kier molecular flexibility index (Phi) is 4.11. The molecule has 0 aliphatic heterocycles. The summed E-state index contributed by atoms with van der Waals surface area (Å²) in [4.78, 5) is 24.1. The predicted octanol–water partition coefficient (Wildman–Crippen LogP) is 2.65. The van der Waals surface area contributed by atoms with Crippen LogP contribution in [0.4, 0.5) is 0 Å². The summed E-state index contributed by atoms with van der Waals surface area (Å²) in [6.07, 6.45) is 0. The SMILES string of the molecule is C/C(=N\NC(=O)c1cc2ccccc2oc1=O)c1ccccc1O. The van der Waals surface area contributed by atoms with Crippen molar-refractivity contribution in [2.75, 3.05) is 0 Å². The van der Waals surface area contributed by atoms with Crippen molar-refractivity contribution in [2.24, 2.45) is 5.10 Å². The standard InChI is InChI=1S/C18H14N2O4/c1-11(13-7-3-4-8-15(13)21)19-20-17(22)14-10-12-6-2-5-9-16(12)24-18(14)23/h2-10,21H,1H3,(H,20,22)/b19-11+. The lowest BCUT2D eigenvalue weighted by atomic mass is 10.1. The molecule has 0 saturated heterocycles. The maximum atomic E-state index is 12.2. The molecule has 0 bridgehead atoms. The van der Waals surface area contributed by atoms with Gasteiger partial charge in [-0.05, 0) is 31.2 Å². The van der Waals surface area contributed by atoms with Crippen molar-refractivity contribution in [1.82, 2.24) is 5.43 Å². The number of hydrogen-bond donors (Lipinski definition) is 2. The maximum absolute atomic E-state index is 12.2. The Morgan fingerprint density at radius 3 is 2.58 bits per heavy atom. The van der Waals surface area contributed by atoms with Gasteiger partial charge in [0.05, 0.1) is 5.71 Å². The predicted molar refractivity (Wildman–Crippen MR) is 90.3 cm³/mol. The number of para-hydroxylation sites is 2. The van der Waals surface area contributed by atoms with Crippen LogP contribution in [0.3, 0.4) is 0 Å². The molecule has 0 spiro atoms. The average Bonchev–Trinajstić information content (AvgIpc) is 2.59. The molecular weight excluding hydrogens is 308 g/mol. The number of phenolic OH excluding ortho intramolecular Hbond substituents is 1. The van der Waals surface area contributed by atoms with Crippen LogP contribution in [0.15, 0.2) is 68.9 Å². The minimum absolute atomic E-state index is 0.0539. The quantitative estimate of drug-likeness (QED) is 0.440. The second-order valence-corrected chi connectivity index (χ2v) is 5.14. The minimum atomic E-state index is -0.735. The first-order valence-corrected chi connectivity index (χ1v) is 7.22. The Hall–Kier alpha value is -3.41. The summed E-state index contributed by atoms with van der Waals surface area (Å²) >= 11 is 0. The lowest BCUT2D eigenvalue weighted by Gasteiger charge is -2.05. The molecular formula is C18H14N2O4. The normalized spacial score (nSPS) is 11.5. The number of rotatable bonds is 3. The Morgan fingerprint density at radius 1 is 1.08 bits per heavy atom. The van der Waals surface area contributed by atoms with E-state index in [2.05, 4.69) is 10.5 Å². The summed E-state index contributed by atoms with van der Waals surface area (Å²) in [6.45, 7) is 1.64. The van der Waals surface area contributed by atoms with Crippen LogP contribution in [-0.2, 0) is 0 Å².